The van der Waals surface area contributed by atoms with E-state index in [1.165, 1.54) is 0 Å². The fraction of sp³-hybridized carbons (Fsp3) is 0.619. The van der Waals surface area contributed by atoms with Crippen LogP contribution < -0.4 is 4.74 Å². The van der Waals surface area contributed by atoms with E-state index in [1.807, 2.05) is 4.90 Å². The summed E-state index contributed by atoms with van der Waals surface area (Å²) in [6, 6.07) is 9.19. The van der Waals surface area contributed by atoms with Gasteiger partial charge < -0.3 is 14.4 Å². The third-order valence-corrected chi connectivity index (χ3v) is 5.27. The fourth-order valence-electron chi connectivity index (χ4n) is 4.14. The van der Waals surface area contributed by atoms with Crippen LogP contribution in [0.1, 0.15) is 39.2 Å². The molecule has 1 amide bonds. The van der Waals surface area contributed by atoms with E-state index in [1.54, 1.807) is 31.2 Å². The summed E-state index contributed by atoms with van der Waals surface area (Å²) < 4.78 is 11.6. The number of rotatable bonds is 5. The van der Waals surface area contributed by atoms with Crippen LogP contribution >= 0.6 is 0 Å². The van der Waals surface area contributed by atoms with Gasteiger partial charge in [-0.2, -0.15) is 5.26 Å². The van der Waals surface area contributed by atoms with Crippen LogP contribution in [0.25, 0.3) is 0 Å². The second kappa shape index (κ2) is 8.73. The van der Waals surface area contributed by atoms with Crippen molar-refractivity contribution in [2.45, 2.75) is 58.0 Å². The lowest BCUT2D eigenvalue weighted by Gasteiger charge is -2.38. The minimum Gasteiger partial charge on any atom is -0.481 e. The van der Waals surface area contributed by atoms with Crippen LogP contribution in [0.2, 0.25) is 0 Å². The van der Waals surface area contributed by atoms with Crippen molar-refractivity contribution in [3.63, 3.8) is 0 Å². The van der Waals surface area contributed by atoms with Gasteiger partial charge in [0.1, 0.15) is 5.75 Å². The summed E-state index contributed by atoms with van der Waals surface area (Å²) in [7, 11) is 0. The zero-order valence-corrected chi connectivity index (χ0v) is 16.4. The van der Waals surface area contributed by atoms with Crippen LogP contribution in [0.15, 0.2) is 24.3 Å². The molecule has 2 heterocycles. The van der Waals surface area contributed by atoms with Crippen molar-refractivity contribution < 1.29 is 14.3 Å². The second-order valence-corrected chi connectivity index (χ2v) is 7.70. The predicted molar refractivity (Wildman–Crippen MR) is 102 cm³/mol. The van der Waals surface area contributed by atoms with Crippen LogP contribution in [0.5, 0.6) is 5.75 Å². The summed E-state index contributed by atoms with van der Waals surface area (Å²) in [6.07, 6.45) is 2.00. The number of hydrogen-bond acceptors (Lipinski definition) is 5. The Labute approximate surface area is 161 Å². The molecule has 2 saturated heterocycles. The predicted octanol–water partition coefficient (Wildman–Crippen LogP) is 2.43. The van der Waals surface area contributed by atoms with Crippen molar-refractivity contribution in [2.24, 2.45) is 0 Å². The lowest BCUT2D eigenvalue weighted by molar-refractivity contribution is -0.139. The Morgan fingerprint density at radius 3 is 2.59 bits per heavy atom. The summed E-state index contributed by atoms with van der Waals surface area (Å²) >= 11 is 0. The van der Waals surface area contributed by atoms with Gasteiger partial charge in [-0.3, -0.25) is 9.69 Å². The lowest BCUT2D eigenvalue weighted by Crippen LogP contribution is -2.52. The van der Waals surface area contributed by atoms with E-state index >= 15 is 0 Å². The van der Waals surface area contributed by atoms with E-state index in [0.29, 0.717) is 11.3 Å². The van der Waals surface area contributed by atoms with Crippen molar-refractivity contribution in [3.8, 4) is 11.8 Å². The fourth-order valence-corrected chi connectivity index (χ4v) is 4.14. The van der Waals surface area contributed by atoms with E-state index in [9.17, 15) is 4.79 Å². The molecule has 0 aliphatic carbocycles. The van der Waals surface area contributed by atoms with Crippen LogP contribution in [-0.2, 0) is 9.53 Å². The van der Waals surface area contributed by atoms with Crippen molar-refractivity contribution in [1.29, 1.82) is 5.26 Å². The molecule has 2 aliphatic heterocycles. The zero-order chi connectivity index (χ0) is 19.4. The quantitative estimate of drug-likeness (QED) is 0.795. The van der Waals surface area contributed by atoms with Crippen LogP contribution in [0.3, 0.4) is 0 Å². The van der Waals surface area contributed by atoms with Crippen molar-refractivity contribution in [1.82, 2.24) is 9.80 Å². The van der Waals surface area contributed by atoms with Crippen molar-refractivity contribution in [3.05, 3.63) is 29.8 Å². The number of amides is 1. The number of ether oxygens (including phenoxy) is 2. The molecule has 0 N–H and O–H groups in total. The molecule has 6 nitrogen and oxygen atoms in total. The molecule has 0 spiro atoms. The van der Waals surface area contributed by atoms with Crippen LogP contribution in [-0.4, -0.2) is 66.2 Å². The highest BCUT2D eigenvalue weighted by atomic mass is 16.5. The average Bonchev–Trinajstić information content (AvgIpc) is 3.08. The Bertz CT molecular complexity index is 675. The first-order valence-electron chi connectivity index (χ1n) is 9.81. The molecule has 4 atom stereocenters. The minimum atomic E-state index is -0.541. The molecular formula is C21H29N3O3. The molecule has 27 heavy (non-hydrogen) atoms. The second-order valence-electron chi connectivity index (χ2n) is 7.70. The lowest BCUT2D eigenvalue weighted by atomic mass is 10.1. The first-order chi connectivity index (χ1) is 13.0. The molecule has 0 radical (unpaired) electrons. The maximum absolute atomic E-state index is 13.0. The van der Waals surface area contributed by atoms with Crippen molar-refractivity contribution in [2.75, 3.05) is 26.2 Å². The summed E-state index contributed by atoms with van der Waals surface area (Å²) in [4.78, 5) is 17.4. The highest BCUT2D eigenvalue weighted by Gasteiger charge is 2.34. The third-order valence-electron chi connectivity index (χ3n) is 5.27. The number of carbonyl (C=O) groups excluding carboxylic acids is 1. The molecule has 1 aromatic rings. The number of hydrogen-bond donors (Lipinski definition) is 0. The number of carbonyl (C=O) groups is 1. The van der Waals surface area contributed by atoms with Gasteiger partial charge in [-0.25, -0.2) is 0 Å². The molecule has 0 bridgehead atoms. The summed E-state index contributed by atoms with van der Waals surface area (Å²) in [5.74, 6) is 0.651. The summed E-state index contributed by atoms with van der Waals surface area (Å²) in [5, 5.41) is 8.88. The number of benzene rings is 1. The van der Waals surface area contributed by atoms with E-state index in [2.05, 4.69) is 24.8 Å². The molecule has 0 aromatic heterocycles. The molecule has 0 saturated carbocycles. The van der Waals surface area contributed by atoms with Gasteiger partial charge in [0.05, 0.1) is 23.8 Å². The topological polar surface area (TPSA) is 65.8 Å². The maximum atomic E-state index is 13.0. The molecule has 0 unspecified atom stereocenters. The molecule has 6 heteroatoms. The van der Waals surface area contributed by atoms with E-state index in [4.69, 9.17) is 14.7 Å². The van der Waals surface area contributed by atoms with Crippen LogP contribution in [0.4, 0.5) is 0 Å². The Morgan fingerprint density at radius 2 is 1.96 bits per heavy atom. The Hall–Kier alpha value is -2.10. The highest BCUT2D eigenvalue weighted by Crippen LogP contribution is 2.23. The van der Waals surface area contributed by atoms with Gasteiger partial charge in [-0.15, -0.1) is 0 Å². The van der Waals surface area contributed by atoms with Gasteiger partial charge in [0.2, 0.25) is 0 Å². The van der Waals surface area contributed by atoms with Gasteiger partial charge in [-0.05, 0) is 57.9 Å². The monoisotopic (exact) mass is 371 g/mol. The first kappa shape index (κ1) is 19.7. The van der Waals surface area contributed by atoms with Gasteiger partial charge in [0, 0.05) is 32.2 Å². The van der Waals surface area contributed by atoms with Gasteiger partial charge in [-0.1, -0.05) is 0 Å². The molecule has 146 valence electrons. The normalized spacial score (nSPS) is 27.2. The van der Waals surface area contributed by atoms with Gasteiger partial charge in [0.25, 0.3) is 5.91 Å². The van der Waals surface area contributed by atoms with Gasteiger partial charge in [0.15, 0.2) is 6.10 Å². The van der Waals surface area contributed by atoms with E-state index < -0.39 is 6.10 Å². The molecule has 1 aromatic carbocycles. The zero-order valence-electron chi connectivity index (χ0n) is 16.4. The smallest absolute Gasteiger partial charge is 0.263 e. The SMILES string of the molecule is C[C@@H]1CN(C[C@@H]2CCCN2C(=O)[C@@H](C)Oc2ccc(C#N)cc2)C[C@H](C)O1. The van der Waals surface area contributed by atoms with E-state index in [0.717, 1.165) is 39.0 Å². The standard InChI is InChI=1S/C21H29N3O3/c1-15-12-23(13-16(2)26-15)14-19-5-4-10-24(19)21(25)17(3)27-20-8-6-18(11-22)7-9-20/h6-9,15-17,19H,4-5,10,12-14H2,1-3H3/t15-,16+,17-,19+/m1/s1. The Kier molecular flexibility index (Phi) is 6.35. The maximum Gasteiger partial charge on any atom is 0.263 e. The Morgan fingerprint density at radius 1 is 1.30 bits per heavy atom. The third kappa shape index (κ3) is 5.00. The Balaban J connectivity index is 1.58. The molecule has 3 rings (SSSR count). The summed E-state index contributed by atoms with van der Waals surface area (Å²) in [5.41, 5.74) is 0.579. The van der Waals surface area contributed by atoms with E-state index in [-0.39, 0.29) is 24.2 Å². The van der Waals surface area contributed by atoms with Gasteiger partial charge >= 0.3 is 0 Å². The molecular weight excluding hydrogens is 342 g/mol. The van der Waals surface area contributed by atoms with Crippen molar-refractivity contribution >= 4 is 5.91 Å². The number of nitriles is 1. The minimum absolute atomic E-state index is 0.0382. The number of nitrogens with zero attached hydrogens (tertiary/aromatic N) is 3. The largest absolute Gasteiger partial charge is 0.481 e. The average molecular weight is 371 g/mol. The first-order valence-corrected chi connectivity index (χ1v) is 9.81. The summed E-state index contributed by atoms with van der Waals surface area (Å²) in [6.45, 7) is 9.53. The molecule has 2 aliphatic rings. The number of morpholine rings is 1. The van der Waals surface area contributed by atoms with Crippen LogP contribution in [0, 0.1) is 11.3 Å². The number of likely N-dealkylation sites (tertiary alicyclic amines) is 1. The molecule has 2 fully saturated rings. The highest BCUT2D eigenvalue weighted by molar-refractivity contribution is 5.81.